The fourth-order valence-electron chi connectivity index (χ4n) is 4.10. The van der Waals surface area contributed by atoms with Gasteiger partial charge in [-0.25, -0.2) is 4.79 Å². The number of fused-ring (bicyclic) bond motifs is 1. The number of aromatic amines is 1. The van der Waals surface area contributed by atoms with Crippen molar-refractivity contribution in [2.24, 2.45) is 17.6 Å². The summed E-state index contributed by atoms with van der Waals surface area (Å²) in [6, 6.07) is 0.208. The van der Waals surface area contributed by atoms with Gasteiger partial charge in [0.05, 0.1) is 12.2 Å². The van der Waals surface area contributed by atoms with Crippen LogP contribution in [0.3, 0.4) is 0 Å². The number of hydrogen-bond donors (Lipinski definition) is 2. The molecule has 0 spiro atoms. The van der Waals surface area contributed by atoms with E-state index in [1.54, 1.807) is 20.8 Å². The lowest BCUT2D eigenvalue weighted by molar-refractivity contribution is 0.0525. The number of H-pyrrole nitrogens is 1. The van der Waals surface area contributed by atoms with E-state index in [9.17, 15) is 9.59 Å². The molecule has 134 valence electrons. The lowest BCUT2D eigenvalue weighted by Crippen LogP contribution is -2.34. The SMILES string of the molecule is CCOC(=O)c1c(C)[nH]c(C(=O)N2CC3CCC(N)C3C2)c1C.Cl. The molecule has 1 aliphatic carbocycles. The Morgan fingerprint density at radius 1 is 1.29 bits per heavy atom. The van der Waals surface area contributed by atoms with Gasteiger partial charge in [-0.15, -0.1) is 12.4 Å². The lowest BCUT2D eigenvalue weighted by Gasteiger charge is -2.18. The zero-order valence-corrected chi connectivity index (χ0v) is 15.2. The Bertz CT molecular complexity index is 643. The van der Waals surface area contributed by atoms with Crippen LogP contribution in [0.5, 0.6) is 0 Å². The molecular formula is C17H26ClN3O3. The van der Waals surface area contributed by atoms with Crippen molar-refractivity contribution in [3.05, 3.63) is 22.5 Å². The summed E-state index contributed by atoms with van der Waals surface area (Å²) in [5.41, 5.74) is 8.48. The molecule has 0 bridgehead atoms. The van der Waals surface area contributed by atoms with Crippen molar-refractivity contribution in [3.8, 4) is 0 Å². The number of nitrogens with zero attached hydrogens (tertiary/aromatic N) is 1. The predicted molar refractivity (Wildman–Crippen MR) is 93.6 cm³/mol. The van der Waals surface area contributed by atoms with E-state index >= 15 is 0 Å². The Labute approximate surface area is 148 Å². The molecule has 1 saturated heterocycles. The first-order valence-electron chi connectivity index (χ1n) is 8.35. The van der Waals surface area contributed by atoms with E-state index in [2.05, 4.69) is 4.98 Å². The van der Waals surface area contributed by atoms with Crippen LogP contribution in [-0.2, 0) is 4.74 Å². The average molecular weight is 356 g/mol. The maximum Gasteiger partial charge on any atom is 0.340 e. The number of carbonyl (C=O) groups is 2. The number of likely N-dealkylation sites (tertiary alicyclic amines) is 1. The zero-order chi connectivity index (χ0) is 16.7. The number of ether oxygens (including phenoxy) is 1. The van der Waals surface area contributed by atoms with Gasteiger partial charge in [-0.2, -0.15) is 0 Å². The summed E-state index contributed by atoms with van der Waals surface area (Å²) in [6.45, 7) is 7.17. The first-order valence-corrected chi connectivity index (χ1v) is 8.35. The van der Waals surface area contributed by atoms with Crippen molar-refractivity contribution in [2.75, 3.05) is 19.7 Å². The summed E-state index contributed by atoms with van der Waals surface area (Å²) in [7, 11) is 0. The molecule has 2 heterocycles. The Hall–Kier alpha value is -1.53. The van der Waals surface area contributed by atoms with Crippen LogP contribution in [0, 0.1) is 25.7 Å². The minimum Gasteiger partial charge on any atom is -0.462 e. The van der Waals surface area contributed by atoms with Gasteiger partial charge in [-0.3, -0.25) is 4.79 Å². The van der Waals surface area contributed by atoms with Crippen LogP contribution < -0.4 is 5.73 Å². The third kappa shape index (κ3) is 3.05. The van der Waals surface area contributed by atoms with Gasteiger partial charge in [-0.1, -0.05) is 0 Å². The number of hydrogen-bond acceptors (Lipinski definition) is 4. The van der Waals surface area contributed by atoms with Gasteiger partial charge in [0.2, 0.25) is 0 Å². The second kappa shape index (κ2) is 7.15. The zero-order valence-electron chi connectivity index (χ0n) is 14.4. The molecule has 3 rings (SSSR count). The van der Waals surface area contributed by atoms with Crippen LogP contribution in [-0.4, -0.2) is 47.5 Å². The van der Waals surface area contributed by atoms with Gasteiger partial charge < -0.3 is 20.4 Å². The predicted octanol–water partition coefficient (Wildman–Crippen LogP) is 2.04. The molecule has 6 nitrogen and oxygen atoms in total. The molecule has 1 aliphatic heterocycles. The maximum absolute atomic E-state index is 12.9. The minimum absolute atomic E-state index is 0. The van der Waals surface area contributed by atoms with E-state index in [4.69, 9.17) is 10.5 Å². The van der Waals surface area contributed by atoms with E-state index in [1.165, 1.54) is 0 Å². The molecule has 2 aliphatic rings. The number of carbonyl (C=O) groups excluding carboxylic acids is 2. The molecule has 3 unspecified atom stereocenters. The van der Waals surface area contributed by atoms with E-state index < -0.39 is 0 Å². The Kier molecular flexibility index (Phi) is 5.60. The Morgan fingerprint density at radius 2 is 2.00 bits per heavy atom. The highest BCUT2D eigenvalue weighted by molar-refractivity contribution is 6.00. The molecular weight excluding hydrogens is 330 g/mol. The molecule has 24 heavy (non-hydrogen) atoms. The molecule has 1 amide bonds. The Morgan fingerprint density at radius 3 is 2.62 bits per heavy atom. The highest BCUT2D eigenvalue weighted by atomic mass is 35.5. The highest BCUT2D eigenvalue weighted by Crippen LogP contribution is 2.37. The summed E-state index contributed by atoms with van der Waals surface area (Å²) in [4.78, 5) is 29.9. The van der Waals surface area contributed by atoms with Gasteiger partial charge >= 0.3 is 5.97 Å². The topological polar surface area (TPSA) is 88.4 Å². The maximum atomic E-state index is 12.9. The van der Waals surface area contributed by atoms with Gasteiger partial charge in [0.1, 0.15) is 5.69 Å². The number of nitrogens with one attached hydrogen (secondary N) is 1. The number of nitrogens with two attached hydrogens (primary N) is 1. The minimum atomic E-state index is -0.377. The summed E-state index contributed by atoms with van der Waals surface area (Å²) in [5, 5.41) is 0. The molecule has 0 aromatic carbocycles. The molecule has 1 saturated carbocycles. The van der Waals surface area contributed by atoms with Crippen LogP contribution in [0.15, 0.2) is 0 Å². The van der Waals surface area contributed by atoms with Crippen molar-refractivity contribution in [1.82, 2.24) is 9.88 Å². The fourth-order valence-corrected chi connectivity index (χ4v) is 4.10. The van der Waals surface area contributed by atoms with Crippen molar-refractivity contribution in [1.29, 1.82) is 0 Å². The first kappa shape index (κ1) is 18.8. The van der Waals surface area contributed by atoms with Gasteiger partial charge in [0, 0.05) is 24.8 Å². The lowest BCUT2D eigenvalue weighted by atomic mass is 9.98. The van der Waals surface area contributed by atoms with Gasteiger partial charge in [0.25, 0.3) is 5.91 Å². The monoisotopic (exact) mass is 355 g/mol. The summed E-state index contributed by atoms with van der Waals surface area (Å²) < 4.78 is 5.08. The van der Waals surface area contributed by atoms with E-state index in [0.29, 0.717) is 41.0 Å². The number of aryl methyl sites for hydroxylation is 1. The van der Waals surface area contributed by atoms with Gasteiger partial charge in [-0.05, 0) is 51.0 Å². The smallest absolute Gasteiger partial charge is 0.340 e. The average Bonchev–Trinajstić information content (AvgIpc) is 3.14. The third-order valence-corrected chi connectivity index (χ3v) is 5.33. The van der Waals surface area contributed by atoms with E-state index in [1.807, 2.05) is 4.90 Å². The van der Waals surface area contributed by atoms with Crippen LogP contribution >= 0.6 is 12.4 Å². The van der Waals surface area contributed by atoms with Crippen molar-refractivity contribution in [3.63, 3.8) is 0 Å². The molecule has 2 fully saturated rings. The molecule has 1 aromatic rings. The molecule has 3 N–H and O–H groups in total. The number of rotatable bonds is 3. The van der Waals surface area contributed by atoms with E-state index in [-0.39, 0.29) is 30.3 Å². The fraction of sp³-hybridized carbons (Fsp3) is 0.647. The van der Waals surface area contributed by atoms with Gasteiger partial charge in [0.15, 0.2) is 0 Å². The largest absolute Gasteiger partial charge is 0.462 e. The number of aromatic nitrogens is 1. The third-order valence-electron chi connectivity index (χ3n) is 5.33. The number of esters is 1. The summed E-state index contributed by atoms with van der Waals surface area (Å²) >= 11 is 0. The molecule has 7 heteroatoms. The second-order valence-electron chi connectivity index (χ2n) is 6.72. The molecule has 1 aromatic heterocycles. The normalized spacial score (nSPS) is 25.3. The molecule has 3 atom stereocenters. The van der Waals surface area contributed by atoms with Crippen molar-refractivity contribution >= 4 is 24.3 Å². The van der Waals surface area contributed by atoms with E-state index in [0.717, 1.165) is 25.9 Å². The van der Waals surface area contributed by atoms with Crippen molar-refractivity contribution < 1.29 is 14.3 Å². The highest BCUT2D eigenvalue weighted by Gasteiger charge is 2.43. The number of halogens is 1. The van der Waals surface area contributed by atoms with Crippen LogP contribution in [0.4, 0.5) is 0 Å². The second-order valence-corrected chi connectivity index (χ2v) is 6.72. The van der Waals surface area contributed by atoms with Crippen LogP contribution in [0.25, 0.3) is 0 Å². The van der Waals surface area contributed by atoms with Crippen molar-refractivity contribution in [2.45, 2.75) is 39.7 Å². The van der Waals surface area contributed by atoms with Crippen LogP contribution in [0.2, 0.25) is 0 Å². The summed E-state index contributed by atoms with van der Waals surface area (Å²) in [5.74, 6) is 0.524. The first-order chi connectivity index (χ1) is 10.9. The van der Waals surface area contributed by atoms with Crippen LogP contribution in [0.1, 0.15) is 51.9 Å². The Balaban J connectivity index is 0.00000208. The molecule has 0 radical (unpaired) electrons. The quantitative estimate of drug-likeness (QED) is 0.812. The number of amides is 1. The summed E-state index contributed by atoms with van der Waals surface area (Å²) in [6.07, 6.45) is 2.16. The standard InChI is InChI=1S/C17H25N3O3.ClH/c1-4-23-17(22)14-9(2)15(19-10(14)3)16(21)20-7-11-5-6-13(18)12(11)8-20;/h11-13,19H,4-8,18H2,1-3H3;1H.